The van der Waals surface area contributed by atoms with Gasteiger partial charge < -0.3 is 5.73 Å². The molecule has 116 valence electrons. The highest BCUT2D eigenvalue weighted by Crippen LogP contribution is 2.19. The number of pyridine rings is 1. The Morgan fingerprint density at radius 2 is 1.90 bits per heavy atom. The normalized spacial score (nSPS) is 12.5. The number of nitrogens with zero attached hydrogens (tertiary/aromatic N) is 1. The molecule has 0 bridgehead atoms. The Morgan fingerprint density at radius 1 is 1.29 bits per heavy atom. The molecule has 0 aliphatic rings. The van der Waals surface area contributed by atoms with Crippen LogP contribution in [-0.2, 0) is 11.2 Å². The topological polar surface area (TPSA) is 56.0 Å². The predicted molar refractivity (Wildman–Crippen MR) is 91.3 cm³/mol. The van der Waals surface area contributed by atoms with E-state index < -0.39 is 11.5 Å². The first-order chi connectivity index (χ1) is 9.88. The second kappa shape index (κ2) is 7.32. The zero-order chi connectivity index (χ0) is 16.0. The Labute approximate surface area is 129 Å². The van der Waals surface area contributed by atoms with Gasteiger partial charge in [0.1, 0.15) is 0 Å². The van der Waals surface area contributed by atoms with Crippen molar-refractivity contribution in [2.45, 2.75) is 47.1 Å². The highest BCUT2D eigenvalue weighted by Gasteiger charge is 2.27. The fraction of sp³-hybridized carbons (Fsp3) is 0.444. The average Bonchev–Trinajstić information content (AvgIpc) is 2.47. The van der Waals surface area contributed by atoms with Crippen molar-refractivity contribution in [3.8, 4) is 0 Å². The minimum absolute atomic E-state index is 0. The molecule has 0 fully saturated rings. The number of nitrogens with two attached hydrogens (primary N) is 1. The van der Waals surface area contributed by atoms with E-state index >= 15 is 0 Å². The summed E-state index contributed by atoms with van der Waals surface area (Å²) in [6.07, 6.45) is 2.34. The second-order valence-corrected chi connectivity index (χ2v) is 5.96. The van der Waals surface area contributed by atoms with E-state index in [-0.39, 0.29) is 7.21 Å². The second-order valence-electron chi connectivity index (χ2n) is 5.96. The van der Waals surface area contributed by atoms with Crippen LogP contribution in [0.4, 0.5) is 0 Å². The molecule has 2 N–H and O–H groups in total. The number of rotatable bonds is 3. The summed E-state index contributed by atoms with van der Waals surface area (Å²) in [6, 6.07) is 9.51. The zero-order valence-electron chi connectivity index (χ0n) is 13.7. The van der Waals surface area contributed by atoms with Gasteiger partial charge in [0.15, 0.2) is 5.78 Å². The third kappa shape index (κ3) is 4.64. The van der Waals surface area contributed by atoms with E-state index in [1.165, 1.54) is 0 Å². The fourth-order valence-electron chi connectivity index (χ4n) is 2.13. The smallest absolute Gasteiger partial charge is 0.155 e. The molecule has 3 heteroatoms. The number of ketones is 1. The lowest BCUT2D eigenvalue weighted by Gasteiger charge is -2.21. The van der Waals surface area contributed by atoms with Gasteiger partial charge in [0.05, 0.1) is 11.6 Å². The Balaban J connectivity index is 0.00000141. The van der Waals surface area contributed by atoms with Crippen molar-refractivity contribution >= 4 is 16.7 Å². The first-order valence-electron chi connectivity index (χ1n) is 7.51. The van der Waals surface area contributed by atoms with Crippen LogP contribution in [0.2, 0.25) is 0 Å². The van der Waals surface area contributed by atoms with Crippen LogP contribution in [0.3, 0.4) is 0 Å². The Morgan fingerprint density at radius 3 is 2.52 bits per heavy atom. The highest BCUT2D eigenvalue weighted by molar-refractivity contribution is 5.89. The highest BCUT2D eigenvalue weighted by atomic mass is 16.1. The van der Waals surface area contributed by atoms with Crippen LogP contribution in [-0.4, -0.2) is 16.8 Å². The zero-order valence-corrected chi connectivity index (χ0v) is 13.7. The maximum Gasteiger partial charge on any atom is 0.155 e. The van der Waals surface area contributed by atoms with Crippen LogP contribution in [0.5, 0.6) is 0 Å². The number of carbonyl (C=O) groups excluding carboxylic acids is 1. The van der Waals surface area contributed by atoms with Gasteiger partial charge in [-0.2, -0.15) is 0 Å². The molecule has 0 amide bonds. The molecule has 1 aromatic heterocycles. The maximum absolute atomic E-state index is 12.1. The van der Waals surface area contributed by atoms with E-state index in [1.807, 2.05) is 58.9 Å². The van der Waals surface area contributed by atoms with Crippen molar-refractivity contribution in [2.75, 3.05) is 0 Å². The minimum atomic E-state index is -0.469. The van der Waals surface area contributed by atoms with Gasteiger partial charge in [0.2, 0.25) is 0 Å². The van der Waals surface area contributed by atoms with Gasteiger partial charge in [-0.15, -0.1) is 0 Å². The van der Waals surface area contributed by atoms with Crippen LogP contribution >= 0.6 is 0 Å². The lowest BCUT2D eigenvalue weighted by Crippen LogP contribution is -2.40. The van der Waals surface area contributed by atoms with Crippen molar-refractivity contribution in [3.63, 3.8) is 0 Å². The van der Waals surface area contributed by atoms with Crippen LogP contribution < -0.4 is 5.73 Å². The van der Waals surface area contributed by atoms with Crippen LogP contribution in [0.15, 0.2) is 36.5 Å². The van der Waals surface area contributed by atoms with E-state index in [0.29, 0.717) is 6.42 Å². The molecule has 0 aliphatic heterocycles. The Bertz CT molecular complexity index is 605. The quantitative estimate of drug-likeness (QED) is 0.929. The SMILES string of the molecule is CC.CC(C)(C)C(=O)[C@@H](N)Cc1cnc2ccccc2c1.[HH]. The average molecular weight is 288 g/mol. The van der Waals surface area contributed by atoms with Crippen LogP contribution in [0, 0.1) is 5.41 Å². The molecular weight excluding hydrogens is 260 g/mol. The number of aromatic nitrogens is 1. The van der Waals surface area contributed by atoms with Gasteiger partial charge >= 0.3 is 0 Å². The lowest BCUT2D eigenvalue weighted by atomic mass is 9.85. The van der Waals surface area contributed by atoms with E-state index in [2.05, 4.69) is 11.1 Å². The molecular formula is C18H28N2O. The van der Waals surface area contributed by atoms with Gasteiger partial charge in [-0.05, 0) is 24.1 Å². The summed E-state index contributed by atoms with van der Waals surface area (Å²) >= 11 is 0. The van der Waals surface area contributed by atoms with Crippen LogP contribution in [0.1, 0.15) is 41.6 Å². The summed E-state index contributed by atoms with van der Waals surface area (Å²) in [5, 5.41) is 1.08. The molecule has 1 atom stereocenters. The van der Waals surface area contributed by atoms with Gasteiger partial charge in [-0.25, -0.2) is 0 Å². The summed E-state index contributed by atoms with van der Waals surface area (Å²) in [7, 11) is 0. The van der Waals surface area contributed by atoms with E-state index in [1.54, 1.807) is 6.20 Å². The predicted octanol–water partition coefficient (Wildman–Crippen LogP) is 3.99. The summed E-state index contributed by atoms with van der Waals surface area (Å²) in [5.41, 5.74) is 7.57. The molecule has 3 nitrogen and oxygen atoms in total. The Kier molecular flexibility index (Phi) is 6.03. The third-order valence-electron chi connectivity index (χ3n) is 3.18. The number of Topliss-reactive ketones (excluding diaryl/α,β-unsaturated/α-hetero) is 1. The lowest BCUT2D eigenvalue weighted by molar-refractivity contribution is -0.127. The summed E-state index contributed by atoms with van der Waals surface area (Å²) in [4.78, 5) is 16.5. The van der Waals surface area contributed by atoms with Crippen molar-refractivity contribution in [2.24, 2.45) is 11.1 Å². The van der Waals surface area contributed by atoms with Gasteiger partial charge in [-0.3, -0.25) is 9.78 Å². The molecule has 0 radical (unpaired) electrons. The summed E-state index contributed by atoms with van der Waals surface area (Å²) in [5.74, 6) is 0.0839. The molecule has 2 rings (SSSR count). The largest absolute Gasteiger partial charge is 0.321 e. The third-order valence-corrected chi connectivity index (χ3v) is 3.18. The fourth-order valence-corrected chi connectivity index (χ4v) is 2.13. The van der Waals surface area contributed by atoms with E-state index in [0.717, 1.165) is 16.5 Å². The van der Waals surface area contributed by atoms with E-state index in [4.69, 9.17) is 5.73 Å². The number of fused-ring (bicyclic) bond motifs is 1. The first kappa shape index (κ1) is 17.3. The number of benzene rings is 1. The van der Waals surface area contributed by atoms with Crippen molar-refractivity contribution in [1.82, 2.24) is 4.98 Å². The Hall–Kier alpha value is -1.74. The molecule has 21 heavy (non-hydrogen) atoms. The van der Waals surface area contributed by atoms with Crippen molar-refractivity contribution in [3.05, 3.63) is 42.1 Å². The van der Waals surface area contributed by atoms with Crippen molar-refractivity contribution in [1.29, 1.82) is 0 Å². The summed E-state index contributed by atoms with van der Waals surface area (Å²) < 4.78 is 0. The summed E-state index contributed by atoms with van der Waals surface area (Å²) in [6.45, 7) is 9.69. The van der Waals surface area contributed by atoms with E-state index in [9.17, 15) is 4.79 Å². The standard InChI is InChI=1S/C16H20N2O.C2H6.H2/c1-16(2,3)15(19)13(17)9-11-8-12-6-4-5-7-14(12)18-10-11;1-2;/h4-8,10,13H,9,17H2,1-3H3;1-2H3;1H/t13-;;/m0../s1. The molecule has 2 aromatic rings. The monoisotopic (exact) mass is 288 g/mol. The molecule has 0 aliphatic carbocycles. The number of hydrogen-bond acceptors (Lipinski definition) is 3. The van der Waals surface area contributed by atoms with Crippen molar-refractivity contribution < 1.29 is 6.22 Å². The number of carbonyl (C=O) groups is 1. The molecule has 0 saturated heterocycles. The van der Waals surface area contributed by atoms with Gasteiger partial charge in [0, 0.05) is 18.4 Å². The molecule has 0 spiro atoms. The minimum Gasteiger partial charge on any atom is -0.321 e. The molecule has 1 heterocycles. The number of hydrogen-bond donors (Lipinski definition) is 1. The molecule has 0 unspecified atom stereocenters. The molecule has 1 aromatic carbocycles. The van der Waals surface area contributed by atoms with Gasteiger partial charge in [-0.1, -0.05) is 52.8 Å². The van der Waals surface area contributed by atoms with Crippen LogP contribution in [0.25, 0.3) is 10.9 Å². The number of para-hydroxylation sites is 1. The first-order valence-corrected chi connectivity index (χ1v) is 7.51. The van der Waals surface area contributed by atoms with Gasteiger partial charge in [0.25, 0.3) is 0 Å². The molecule has 0 saturated carbocycles. The maximum atomic E-state index is 12.1.